The van der Waals surface area contributed by atoms with Crippen molar-refractivity contribution in [2.75, 3.05) is 6.61 Å². The Morgan fingerprint density at radius 3 is 1.93 bits per heavy atom. The van der Waals surface area contributed by atoms with Gasteiger partial charge in [-0.05, 0) is 31.0 Å². The summed E-state index contributed by atoms with van der Waals surface area (Å²) in [6, 6.07) is 9.70. The standard InChI is InChI=1S/C25H44O2Si/c1-22(24(26)23-19-15-13-16-20-23)18-14-11-9-7-8-10-12-17-21-27-28(5,6)25(2,3)4/h13,15-16,19-20,22H,7-12,14,17-18,21H2,1-6H3/t22-/m0/s1. The van der Waals surface area contributed by atoms with Crippen LogP contribution in [0.25, 0.3) is 0 Å². The van der Waals surface area contributed by atoms with E-state index >= 15 is 0 Å². The number of hydrogen-bond donors (Lipinski definition) is 0. The van der Waals surface area contributed by atoms with Crippen LogP contribution in [-0.4, -0.2) is 20.7 Å². The summed E-state index contributed by atoms with van der Waals surface area (Å²) in [5.41, 5.74) is 0.854. The average Bonchev–Trinajstić information content (AvgIpc) is 2.65. The Morgan fingerprint density at radius 2 is 1.39 bits per heavy atom. The lowest BCUT2D eigenvalue weighted by atomic mass is 9.94. The Hall–Kier alpha value is -0.933. The molecule has 160 valence electrons. The van der Waals surface area contributed by atoms with E-state index in [1.54, 1.807) is 0 Å². The molecular formula is C25H44O2Si. The van der Waals surface area contributed by atoms with E-state index < -0.39 is 8.32 Å². The van der Waals surface area contributed by atoms with Crippen molar-refractivity contribution >= 4 is 14.1 Å². The van der Waals surface area contributed by atoms with Gasteiger partial charge >= 0.3 is 0 Å². The van der Waals surface area contributed by atoms with E-state index in [9.17, 15) is 4.79 Å². The maximum atomic E-state index is 12.3. The summed E-state index contributed by atoms with van der Waals surface area (Å²) < 4.78 is 6.24. The van der Waals surface area contributed by atoms with Gasteiger partial charge in [-0.25, -0.2) is 0 Å². The lowest BCUT2D eigenvalue weighted by Gasteiger charge is -2.36. The molecule has 0 heterocycles. The molecule has 0 amide bonds. The van der Waals surface area contributed by atoms with E-state index in [-0.39, 0.29) is 5.92 Å². The second-order valence-electron chi connectivity index (χ2n) is 9.86. The summed E-state index contributed by atoms with van der Waals surface area (Å²) >= 11 is 0. The summed E-state index contributed by atoms with van der Waals surface area (Å²) in [5.74, 6) is 0.434. The minimum absolute atomic E-state index is 0.142. The van der Waals surface area contributed by atoms with Crippen LogP contribution in [0.15, 0.2) is 30.3 Å². The Balaban J connectivity index is 1.97. The van der Waals surface area contributed by atoms with Crippen molar-refractivity contribution in [2.45, 2.75) is 104 Å². The fourth-order valence-electron chi connectivity index (χ4n) is 3.18. The van der Waals surface area contributed by atoms with E-state index in [2.05, 4.69) is 40.8 Å². The van der Waals surface area contributed by atoms with Crippen LogP contribution in [0.2, 0.25) is 18.1 Å². The molecule has 0 aromatic heterocycles. The van der Waals surface area contributed by atoms with Crippen molar-refractivity contribution in [1.82, 2.24) is 0 Å². The largest absolute Gasteiger partial charge is 0.417 e. The third-order valence-corrected chi connectivity index (χ3v) is 10.8. The molecule has 0 fully saturated rings. The zero-order valence-electron chi connectivity index (χ0n) is 19.4. The Kier molecular flexibility index (Phi) is 11.3. The molecule has 1 aromatic carbocycles. The van der Waals surface area contributed by atoms with Gasteiger partial charge in [-0.15, -0.1) is 0 Å². The van der Waals surface area contributed by atoms with Crippen molar-refractivity contribution in [3.63, 3.8) is 0 Å². The smallest absolute Gasteiger partial charge is 0.191 e. The molecule has 0 N–H and O–H groups in total. The number of ketones is 1. The lowest BCUT2D eigenvalue weighted by Crippen LogP contribution is -2.40. The Morgan fingerprint density at radius 1 is 0.893 bits per heavy atom. The van der Waals surface area contributed by atoms with E-state index in [4.69, 9.17) is 4.43 Å². The molecule has 1 aromatic rings. The highest BCUT2D eigenvalue weighted by Crippen LogP contribution is 2.36. The molecule has 2 nitrogen and oxygen atoms in total. The number of carbonyl (C=O) groups excluding carboxylic acids is 1. The maximum Gasteiger partial charge on any atom is 0.191 e. The van der Waals surface area contributed by atoms with Crippen LogP contribution in [-0.2, 0) is 4.43 Å². The molecule has 0 spiro atoms. The molecule has 0 aliphatic rings. The van der Waals surface area contributed by atoms with Crippen molar-refractivity contribution in [1.29, 1.82) is 0 Å². The van der Waals surface area contributed by atoms with Crippen LogP contribution in [0.3, 0.4) is 0 Å². The predicted octanol–water partition coefficient (Wildman–Crippen LogP) is 8.04. The van der Waals surface area contributed by atoms with Gasteiger partial charge in [0.2, 0.25) is 0 Å². The van der Waals surface area contributed by atoms with Gasteiger partial charge in [-0.1, -0.05) is 103 Å². The third kappa shape index (κ3) is 9.51. The highest BCUT2D eigenvalue weighted by molar-refractivity contribution is 6.74. The first-order chi connectivity index (χ1) is 13.1. The second kappa shape index (κ2) is 12.6. The molecule has 0 radical (unpaired) electrons. The molecule has 28 heavy (non-hydrogen) atoms. The van der Waals surface area contributed by atoms with Gasteiger partial charge in [0.1, 0.15) is 0 Å². The minimum Gasteiger partial charge on any atom is -0.417 e. The normalized spacial score (nSPS) is 13.5. The first kappa shape index (κ1) is 25.1. The Bertz CT molecular complexity index is 545. The molecular weight excluding hydrogens is 360 g/mol. The van der Waals surface area contributed by atoms with Gasteiger partial charge in [-0.3, -0.25) is 4.79 Å². The predicted molar refractivity (Wildman–Crippen MR) is 125 cm³/mol. The summed E-state index contributed by atoms with van der Waals surface area (Å²) in [6.45, 7) is 14.6. The molecule has 0 aliphatic heterocycles. The number of Topliss-reactive ketones (excluding diaryl/α,β-unsaturated/α-hetero) is 1. The first-order valence-electron chi connectivity index (χ1n) is 11.4. The summed E-state index contributed by atoms with van der Waals surface area (Å²) in [5, 5.41) is 0.316. The summed E-state index contributed by atoms with van der Waals surface area (Å²) in [4.78, 5) is 12.3. The monoisotopic (exact) mass is 404 g/mol. The Labute approximate surface area is 175 Å². The fourth-order valence-corrected chi connectivity index (χ4v) is 4.26. The summed E-state index contributed by atoms with van der Waals surface area (Å²) in [6.07, 6.45) is 11.2. The van der Waals surface area contributed by atoms with Gasteiger partial charge in [-0.2, -0.15) is 0 Å². The SMILES string of the molecule is C[C@@H](CCCCCCCCCCO[Si](C)(C)C(C)(C)C)C(=O)c1ccccc1. The molecule has 1 atom stereocenters. The molecule has 0 saturated heterocycles. The molecule has 0 unspecified atom stereocenters. The van der Waals surface area contributed by atoms with E-state index in [1.807, 2.05) is 30.3 Å². The molecule has 0 bridgehead atoms. The molecule has 1 rings (SSSR count). The van der Waals surface area contributed by atoms with E-state index in [0.717, 1.165) is 18.6 Å². The van der Waals surface area contributed by atoms with Crippen molar-refractivity contribution in [3.05, 3.63) is 35.9 Å². The fraction of sp³-hybridized carbons (Fsp3) is 0.720. The van der Waals surface area contributed by atoms with Gasteiger partial charge in [0.25, 0.3) is 0 Å². The average molecular weight is 405 g/mol. The highest BCUT2D eigenvalue weighted by Gasteiger charge is 2.36. The second-order valence-corrected chi connectivity index (χ2v) is 14.7. The zero-order valence-corrected chi connectivity index (χ0v) is 20.4. The number of unbranched alkanes of at least 4 members (excludes halogenated alkanes) is 7. The number of hydrogen-bond acceptors (Lipinski definition) is 2. The maximum absolute atomic E-state index is 12.3. The molecule has 0 aliphatic carbocycles. The summed E-state index contributed by atoms with van der Waals surface area (Å²) in [7, 11) is -1.56. The van der Waals surface area contributed by atoms with Crippen molar-refractivity contribution < 1.29 is 9.22 Å². The van der Waals surface area contributed by atoms with E-state index in [1.165, 1.54) is 51.4 Å². The van der Waals surface area contributed by atoms with Gasteiger partial charge in [0.15, 0.2) is 14.1 Å². The van der Waals surface area contributed by atoms with Crippen molar-refractivity contribution in [3.8, 4) is 0 Å². The van der Waals surface area contributed by atoms with Gasteiger partial charge in [0.05, 0.1) is 0 Å². The topological polar surface area (TPSA) is 26.3 Å². The van der Waals surface area contributed by atoms with Gasteiger partial charge in [0, 0.05) is 18.1 Å². The third-order valence-electron chi connectivity index (χ3n) is 6.31. The number of carbonyl (C=O) groups is 1. The van der Waals surface area contributed by atoms with Crippen LogP contribution in [0.1, 0.15) is 95.8 Å². The van der Waals surface area contributed by atoms with Crippen LogP contribution >= 0.6 is 0 Å². The minimum atomic E-state index is -1.56. The first-order valence-corrected chi connectivity index (χ1v) is 14.3. The van der Waals surface area contributed by atoms with Crippen molar-refractivity contribution in [2.24, 2.45) is 5.92 Å². The molecule has 0 saturated carbocycles. The lowest BCUT2D eigenvalue weighted by molar-refractivity contribution is 0.0922. The number of rotatable bonds is 14. The highest BCUT2D eigenvalue weighted by atomic mass is 28.4. The van der Waals surface area contributed by atoms with Gasteiger partial charge < -0.3 is 4.43 Å². The van der Waals surface area contributed by atoms with E-state index in [0.29, 0.717) is 10.8 Å². The number of benzene rings is 1. The van der Waals surface area contributed by atoms with Crippen LogP contribution in [0.5, 0.6) is 0 Å². The molecule has 3 heteroatoms. The van der Waals surface area contributed by atoms with Crippen LogP contribution in [0, 0.1) is 5.92 Å². The van der Waals surface area contributed by atoms with Crippen LogP contribution in [0.4, 0.5) is 0 Å². The quantitative estimate of drug-likeness (QED) is 0.178. The van der Waals surface area contributed by atoms with Crippen LogP contribution < -0.4 is 0 Å². The zero-order chi connectivity index (χ0) is 21.0.